The number of fused-ring (bicyclic) bond motifs is 1. The highest BCUT2D eigenvalue weighted by molar-refractivity contribution is 5.91. The Hall–Kier alpha value is -4.52. The van der Waals surface area contributed by atoms with Gasteiger partial charge in [-0.2, -0.15) is 0 Å². The number of aryl methyl sites for hydroxylation is 1. The number of carbonyl (C=O) groups is 4. The Kier molecular flexibility index (Phi) is 11.5. The highest BCUT2D eigenvalue weighted by atomic mass is 16.8. The lowest BCUT2D eigenvalue weighted by molar-refractivity contribution is -0.311. The highest BCUT2D eigenvalue weighted by Crippen LogP contribution is 2.29. The summed E-state index contributed by atoms with van der Waals surface area (Å²) >= 11 is 0. The second-order valence-corrected chi connectivity index (χ2v) is 10.8. The number of carbonyl (C=O) groups excluding carboxylic acids is 4. The summed E-state index contributed by atoms with van der Waals surface area (Å²) in [7, 11) is 0. The van der Waals surface area contributed by atoms with Crippen molar-refractivity contribution in [2.45, 2.75) is 78.3 Å². The number of benzene rings is 2. The summed E-state index contributed by atoms with van der Waals surface area (Å²) in [6.45, 7) is 8.70. The maximum atomic E-state index is 12.5. The molecule has 2 aromatic carbocycles. The number of hydrogen-bond donors (Lipinski definition) is 3. The van der Waals surface area contributed by atoms with Gasteiger partial charge in [-0.25, -0.2) is 10.3 Å². The predicted octanol–water partition coefficient (Wildman–Crippen LogP) is 3.41. The number of nitrogens with one attached hydrogen (secondary N) is 3. The van der Waals surface area contributed by atoms with Gasteiger partial charge >= 0.3 is 17.9 Å². The van der Waals surface area contributed by atoms with Crippen molar-refractivity contribution in [1.82, 2.24) is 15.8 Å². The van der Waals surface area contributed by atoms with E-state index in [0.29, 0.717) is 6.54 Å². The molecule has 1 aromatic heterocycles. The van der Waals surface area contributed by atoms with E-state index in [4.69, 9.17) is 23.8 Å². The smallest absolute Gasteiger partial charge is 0.303 e. The molecule has 1 amide bonds. The summed E-state index contributed by atoms with van der Waals surface area (Å²) in [5.74, 6) is -2.68. The van der Waals surface area contributed by atoms with Crippen molar-refractivity contribution >= 4 is 40.8 Å². The summed E-state index contributed by atoms with van der Waals surface area (Å²) in [5, 5.41) is 4.74. The van der Waals surface area contributed by atoms with Crippen LogP contribution in [0.2, 0.25) is 0 Å². The van der Waals surface area contributed by atoms with Crippen LogP contribution in [0.25, 0.3) is 17.0 Å². The van der Waals surface area contributed by atoms with E-state index in [9.17, 15) is 19.2 Å². The number of para-hydroxylation sites is 1. The van der Waals surface area contributed by atoms with Crippen LogP contribution in [-0.4, -0.2) is 66.0 Å². The van der Waals surface area contributed by atoms with Gasteiger partial charge < -0.3 is 29.2 Å². The highest BCUT2D eigenvalue weighted by Gasteiger charge is 2.51. The number of aromatic amines is 1. The van der Waals surface area contributed by atoms with Crippen molar-refractivity contribution in [3.63, 3.8) is 0 Å². The summed E-state index contributed by atoms with van der Waals surface area (Å²) in [6.07, 6.45) is -2.02. The molecule has 0 bridgehead atoms. The number of ether oxygens (including phenoxy) is 4. The standard InChI is InChI=1S/C33H39N3O9/c1-19-26(27-8-6-7-9-28(27)35-19)16-17-34-18-25-12-10-24(11-13-25)14-15-29(40)36-45-33-32(44-23(5)39)31(43-22(4)38)30(20(2)41-33)42-21(3)37/h6-15,20,30-35H,16-18H2,1-5H3,(H,36,40)/b15-14+/t20-,30-,31+,32-,33+/m1/s1. The number of amides is 1. The van der Waals surface area contributed by atoms with Crippen LogP contribution in [0, 0.1) is 6.92 Å². The van der Waals surface area contributed by atoms with Gasteiger partial charge in [-0.1, -0.05) is 42.5 Å². The third kappa shape index (κ3) is 9.24. The van der Waals surface area contributed by atoms with E-state index in [-0.39, 0.29) is 0 Å². The van der Waals surface area contributed by atoms with Crippen molar-refractivity contribution in [1.29, 1.82) is 0 Å². The number of H-pyrrole nitrogens is 1. The maximum Gasteiger partial charge on any atom is 0.303 e. The Balaban J connectivity index is 1.28. The van der Waals surface area contributed by atoms with E-state index in [1.165, 1.54) is 29.6 Å². The molecule has 2 heterocycles. The molecule has 3 N–H and O–H groups in total. The minimum absolute atomic E-state index is 0.614. The summed E-state index contributed by atoms with van der Waals surface area (Å²) in [6, 6.07) is 16.1. The Morgan fingerprint density at radius 1 is 0.889 bits per heavy atom. The topological polar surface area (TPSA) is 154 Å². The van der Waals surface area contributed by atoms with E-state index < -0.39 is 54.5 Å². The molecular weight excluding hydrogens is 582 g/mol. The first-order valence-corrected chi connectivity index (χ1v) is 14.7. The Bertz CT molecular complexity index is 1530. The molecule has 1 saturated heterocycles. The molecule has 240 valence electrons. The van der Waals surface area contributed by atoms with Crippen molar-refractivity contribution in [3.8, 4) is 0 Å². The molecule has 0 aliphatic carbocycles. The zero-order chi connectivity index (χ0) is 32.5. The fourth-order valence-electron chi connectivity index (χ4n) is 5.24. The van der Waals surface area contributed by atoms with Crippen molar-refractivity contribution < 1.29 is 43.0 Å². The van der Waals surface area contributed by atoms with Crippen molar-refractivity contribution in [2.24, 2.45) is 0 Å². The van der Waals surface area contributed by atoms with Crippen LogP contribution in [-0.2, 0) is 55.9 Å². The Morgan fingerprint density at radius 3 is 2.22 bits per heavy atom. The molecule has 1 aliphatic heterocycles. The third-order valence-electron chi connectivity index (χ3n) is 7.22. The monoisotopic (exact) mass is 621 g/mol. The molecule has 45 heavy (non-hydrogen) atoms. The lowest BCUT2D eigenvalue weighted by atomic mass is 9.99. The Morgan fingerprint density at radius 2 is 1.53 bits per heavy atom. The third-order valence-corrected chi connectivity index (χ3v) is 7.22. The molecular formula is C33H39N3O9. The molecule has 4 rings (SSSR count). The summed E-state index contributed by atoms with van der Waals surface area (Å²) in [4.78, 5) is 56.6. The van der Waals surface area contributed by atoms with Crippen LogP contribution < -0.4 is 10.8 Å². The van der Waals surface area contributed by atoms with Gasteiger partial charge in [0.25, 0.3) is 5.91 Å². The molecule has 3 aromatic rings. The van der Waals surface area contributed by atoms with Gasteiger partial charge in [-0.15, -0.1) is 0 Å². The number of hydroxylamine groups is 1. The number of aromatic nitrogens is 1. The van der Waals surface area contributed by atoms with Gasteiger partial charge in [0.15, 0.2) is 18.3 Å². The average molecular weight is 622 g/mol. The zero-order valence-electron chi connectivity index (χ0n) is 26.0. The van der Waals surface area contributed by atoms with Gasteiger partial charge in [0.05, 0.1) is 6.10 Å². The van der Waals surface area contributed by atoms with E-state index in [2.05, 4.69) is 40.9 Å². The fourth-order valence-corrected chi connectivity index (χ4v) is 5.24. The van der Waals surface area contributed by atoms with Crippen molar-refractivity contribution in [2.75, 3.05) is 6.54 Å². The first-order valence-electron chi connectivity index (χ1n) is 14.7. The molecule has 0 saturated carbocycles. The normalized spacial score (nSPS) is 21.4. The van der Waals surface area contributed by atoms with E-state index in [1.807, 2.05) is 30.3 Å². The SMILES string of the molecule is CC(=O)O[C@@H]1[C@@H](OC(C)=O)[C@H](ONC(=O)/C=C/c2ccc(CNCCc3c(C)[nH]c4ccccc34)cc2)O[C@H](C)[C@H]1OC(C)=O. The molecule has 0 unspecified atom stereocenters. The molecule has 1 aliphatic rings. The van der Waals surface area contributed by atoms with Gasteiger partial charge in [-0.3, -0.25) is 19.2 Å². The largest absolute Gasteiger partial charge is 0.456 e. The fraction of sp³-hybridized carbons (Fsp3) is 0.394. The van der Waals surface area contributed by atoms with Gasteiger partial charge in [-0.05, 0) is 55.6 Å². The quantitative estimate of drug-likeness (QED) is 0.0901. The lowest BCUT2D eigenvalue weighted by Gasteiger charge is -2.42. The lowest BCUT2D eigenvalue weighted by Crippen LogP contribution is -2.62. The molecule has 1 fully saturated rings. The average Bonchev–Trinajstić information content (AvgIpc) is 3.31. The molecule has 12 heteroatoms. The van der Waals surface area contributed by atoms with E-state index in [1.54, 1.807) is 13.0 Å². The second-order valence-electron chi connectivity index (χ2n) is 10.8. The summed E-state index contributed by atoms with van der Waals surface area (Å²) < 4.78 is 21.6. The molecule has 0 radical (unpaired) electrons. The molecule has 5 atom stereocenters. The van der Waals surface area contributed by atoms with Crippen molar-refractivity contribution in [3.05, 3.63) is 77.0 Å². The van der Waals surface area contributed by atoms with Crippen LogP contribution >= 0.6 is 0 Å². The second kappa shape index (κ2) is 15.5. The zero-order valence-corrected chi connectivity index (χ0v) is 26.0. The van der Waals surface area contributed by atoms with Crippen LogP contribution in [0.1, 0.15) is 50.1 Å². The maximum absolute atomic E-state index is 12.5. The Labute approximate surface area is 261 Å². The predicted molar refractivity (Wildman–Crippen MR) is 164 cm³/mol. The van der Waals surface area contributed by atoms with Gasteiger partial charge in [0, 0.05) is 50.0 Å². The molecule has 0 spiro atoms. The van der Waals surface area contributed by atoms with E-state index >= 15 is 0 Å². The number of esters is 3. The molecule has 12 nitrogen and oxygen atoms in total. The number of hydrogen-bond acceptors (Lipinski definition) is 10. The summed E-state index contributed by atoms with van der Waals surface area (Å²) in [5.41, 5.74) is 7.80. The minimum atomic E-state index is -1.36. The van der Waals surface area contributed by atoms with Crippen LogP contribution in [0.5, 0.6) is 0 Å². The number of rotatable bonds is 12. The van der Waals surface area contributed by atoms with Gasteiger partial charge in [0.1, 0.15) is 0 Å². The first kappa shape index (κ1) is 33.4. The van der Waals surface area contributed by atoms with Crippen LogP contribution in [0.3, 0.4) is 0 Å². The van der Waals surface area contributed by atoms with Crippen LogP contribution in [0.4, 0.5) is 0 Å². The first-order chi connectivity index (χ1) is 21.5. The van der Waals surface area contributed by atoms with E-state index in [0.717, 1.165) is 43.5 Å². The van der Waals surface area contributed by atoms with Gasteiger partial charge in [0.2, 0.25) is 6.29 Å². The van der Waals surface area contributed by atoms with Crippen LogP contribution in [0.15, 0.2) is 54.6 Å². The minimum Gasteiger partial charge on any atom is -0.456 e.